The second-order valence-electron chi connectivity index (χ2n) is 5.99. The van der Waals surface area contributed by atoms with Crippen LogP contribution >= 0.6 is 7.92 Å². The first-order valence-corrected chi connectivity index (χ1v) is 10.4. The van der Waals surface area contributed by atoms with Gasteiger partial charge in [0.2, 0.25) is 0 Å². The molecule has 0 nitrogen and oxygen atoms in total. The Morgan fingerprint density at radius 1 is 0.556 bits per heavy atom. The maximum Gasteiger partial charge on any atom is 0 e. The maximum atomic E-state index is 2.23. The summed E-state index contributed by atoms with van der Waals surface area (Å²) in [5.41, 5.74) is 0. The van der Waals surface area contributed by atoms with Crippen molar-refractivity contribution >= 4 is 23.8 Å². The van der Waals surface area contributed by atoms with Gasteiger partial charge in [0.1, 0.15) is 0 Å². The van der Waals surface area contributed by atoms with Crippen LogP contribution in [0.25, 0.3) is 0 Å². The molecule has 0 amide bonds. The molecule has 27 heavy (non-hydrogen) atoms. The van der Waals surface area contributed by atoms with Crippen LogP contribution in [0, 0.1) is 31.6 Å². The van der Waals surface area contributed by atoms with E-state index < -0.39 is 7.92 Å². The molecule has 2 heteroatoms. The minimum absolute atomic E-state index is 0. The van der Waals surface area contributed by atoms with Crippen molar-refractivity contribution in [2.75, 3.05) is 0 Å². The largest absolute Gasteiger partial charge is 0.0648 e. The van der Waals surface area contributed by atoms with E-state index in [0.717, 1.165) is 6.42 Å². The predicted molar refractivity (Wildman–Crippen MR) is 116 cm³/mol. The monoisotopic (exact) mass is 418 g/mol. The van der Waals surface area contributed by atoms with E-state index in [9.17, 15) is 0 Å². The molecule has 6 radical (unpaired) electrons. The van der Waals surface area contributed by atoms with Gasteiger partial charge < -0.3 is 0 Å². The molecule has 1 aliphatic carbocycles. The van der Waals surface area contributed by atoms with Crippen LogP contribution in [-0.4, -0.2) is 0 Å². The van der Waals surface area contributed by atoms with Gasteiger partial charge >= 0.3 is 0 Å². The molecule has 140 valence electrons. The smallest absolute Gasteiger partial charge is 0 e. The van der Waals surface area contributed by atoms with E-state index in [2.05, 4.69) is 124 Å². The Balaban J connectivity index is 0.000000278. The fourth-order valence-electron chi connectivity index (χ4n) is 2.83. The Kier molecular flexibility index (Phi) is 9.85. The zero-order valence-electron chi connectivity index (χ0n) is 15.4. The van der Waals surface area contributed by atoms with Crippen LogP contribution in [0.5, 0.6) is 0 Å². The van der Waals surface area contributed by atoms with Crippen molar-refractivity contribution in [3.63, 3.8) is 0 Å². The van der Waals surface area contributed by atoms with Gasteiger partial charge in [-0.25, -0.2) is 0 Å². The molecular formula is C25H24CuP. The molecule has 3 aromatic rings. The third kappa shape index (κ3) is 6.61. The van der Waals surface area contributed by atoms with E-state index in [1.807, 2.05) is 0 Å². The first-order chi connectivity index (χ1) is 12.9. The fourth-order valence-corrected chi connectivity index (χ4v) is 5.13. The first kappa shape index (κ1) is 21.9. The number of hydrogen-bond donors (Lipinski definition) is 0. The molecule has 0 aromatic heterocycles. The van der Waals surface area contributed by atoms with Gasteiger partial charge in [0.05, 0.1) is 0 Å². The van der Waals surface area contributed by atoms with Gasteiger partial charge in [0.25, 0.3) is 0 Å². The molecule has 1 fully saturated rings. The van der Waals surface area contributed by atoms with Crippen LogP contribution in [0.3, 0.4) is 0 Å². The van der Waals surface area contributed by atoms with Crippen molar-refractivity contribution in [3.05, 3.63) is 123 Å². The minimum Gasteiger partial charge on any atom is -0.0648 e. The number of benzene rings is 3. The van der Waals surface area contributed by atoms with Gasteiger partial charge in [-0.05, 0) is 61.9 Å². The van der Waals surface area contributed by atoms with Crippen molar-refractivity contribution in [3.8, 4) is 0 Å². The van der Waals surface area contributed by atoms with E-state index in [1.54, 1.807) is 0 Å². The second kappa shape index (κ2) is 12.1. The second-order valence-corrected chi connectivity index (χ2v) is 8.21. The van der Waals surface area contributed by atoms with Crippen molar-refractivity contribution in [1.82, 2.24) is 0 Å². The molecule has 1 aliphatic rings. The minimum atomic E-state index is -0.446. The van der Waals surface area contributed by atoms with Crippen LogP contribution in [0.15, 0.2) is 91.0 Å². The summed E-state index contributed by atoms with van der Waals surface area (Å²) in [6, 6.07) is 32.3. The van der Waals surface area contributed by atoms with Gasteiger partial charge in [0.15, 0.2) is 0 Å². The van der Waals surface area contributed by atoms with E-state index >= 15 is 0 Å². The zero-order chi connectivity index (χ0) is 18.0. The summed E-state index contributed by atoms with van der Waals surface area (Å²) in [5, 5.41) is 4.19. The third-order valence-electron chi connectivity index (χ3n) is 4.18. The van der Waals surface area contributed by atoms with Gasteiger partial charge in [-0.1, -0.05) is 97.9 Å². The standard InChI is InChI=1S/C18H15P.C7H9.Cu/c1-4-10-16(11-5-1)19(17-12-6-2-7-13-17)18-14-8-3-9-15-18;1-2-7-5-3-4-6-7;/h1-15H;3-6H,2H2,1H3;. The van der Waals surface area contributed by atoms with Crippen molar-refractivity contribution in [2.45, 2.75) is 13.3 Å². The summed E-state index contributed by atoms with van der Waals surface area (Å²) in [7, 11) is -0.446. The molecule has 0 heterocycles. The molecule has 0 saturated heterocycles. The summed E-state index contributed by atoms with van der Waals surface area (Å²) in [6.07, 6.45) is 9.57. The van der Waals surface area contributed by atoms with Crippen LogP contribution in [0.4, 0.5) is 0 Å². The molecule has 0 aliphatic heterocycles. The molecule has 0 N–H and O–H groups in total. The topological polar surface area (TPSA) is 0 Å². The molecular weight excluding hydrogens is 395 g/mol. The van der Waals surface area contributed by atoms with Crippen LogP contribution in [0.1, 0.15) is 13.3 Å². The Morgan fingerprint density at radius 3 is 1.15 bits per heavy atom. The Labute approximate surface area is 176 Å². The SMILES string of the molecule is CC[C]1[CH][CH][CH][CH]1.[Cu].c1ccc(P(c2ccccc2)c2ccccc2)cc1. The van der Waals surface area contributed by atoms with Gasteiger partial charge in [-0.2, -0.15) is 0 Å². The van der Waals surface area contributed by atoms with Gasteiger partial charge in [-0.15, -0.1) is 0 Å². The van der Waals surface area contributed by atoms with E-state index in [1.165, 1.54) is 21.8 Å². The van der Waals surface area contributed by atoms with Gasteiger partial charge in [-0.3, -0.25) is 0 Å². The Hall–Kier alpha value is -1.39. The molecule has 0 atom stereocenters. The molecule has 4 rings (SSSR count). The third-order valence-corrected chi connectivity index (χ3v) is 6.63. The summed E-state index contributed by atoms with van der Waals surface area (Å²) in [6.45, 7) is 2.16. The molecule has 1 saturated carbocycles. The Bertz CT molecular complexity index is 643. The normalized spacial score (nSPS) is 13.6. The summed E-state index contributed by atoms with van der Waals surface area (Å²) in [5.74, 6) is 1.43. The Morgan fingerprint density at radius 2 is 0.889 bits per heavy atom. The average molecular weight is 419 g/mol. The molecule has 0 spiro atoms. The average Bonchev–Trinajstić information content (AvgIpc) is 3.25. The zero-order valence-corrected chi connectivity index (χ0v) is 17.3. The van der Waals surface area contributed by atoms with Crippen LogP contribution < -0.4 is 15.9 Å². The van der Waals surface area contributed by atoms with Crippen molar-refractivity contribution in [2.24, 2.45) is 0 Å². The van der Waals surface area contributed by atoms with Gasteiger partial charge in [0, 0.05) is 17.1 Å². The van der Waals surface area contributed by atoms with Crippen molar-refractivity contribution in [1.29, 1.82) is 0 Å². The molecule has 0 bridgehead atoms. The fraction of sp³-hybridized carbons (Fsp3) is 0.0800. The van der Waals surface area contributed by atoms with E-state index in [4.69, 9.17) is 0 Å². The first-order valence-electron chi connectivity index (χ1n) is 9.04. The van der Waals surface area contributed by atoms with Crippen LogP contribution in [0.2, 0.25) is 0 Å². The molecule has 0 unspecified atom stereocenters. The van der Waals surface area contributed by atoms with E-state index in [-0.39, 0.29) is 17.1 Å². The maximum absolute atomic E-state index is 2.23. The summed E-state index contributed by atoms with van der Waals surface area (Å²) < 4.78 is 0. The predicted octanol–water partition coefficient (Wildman–Crippen LogP) is 5.24. The van der Waals surface area contributed by atoms with E-state index in [0.29, 0.717) is 0 Å². The number of hydrogen-bond acceptors (Lipinski definition) is 0. The number of rotatable bonds is 4. The van der Waals surface area contributed by atoms with Crippen molar-refractivity contribution < 1.29 is 17.1 Å². The quantitative estimate of drug-likeness (QED) is 0.401. The summed E-state index contributed by atoms with van der Waals surface area (Å²) >= 11 is 0. The summed E-state index contributed by atoms with van der Waals surface area (Å²) in [4.78, 5) is 0. The molecule has 3 aromatic carbocycles. The van der Waals surface area contributed by atoms with Crippen LogP contribution in [-0.2, 0) is 17.1 Å².